The summed E-state index contributed by atoms with van der Waals surface area (Å²) in [5.74, 6) is 1.40. The van der Waals surface area contributed by atoms with E-state index in [4.69, 9.17) is 4.74 Å². The number of hydrogen-bond acceptors (Lipinski definition) is 4. The molecule has 6 fully saturated rings. The predicted octanol–water partition coefficient (Wildman–Crippen LogP) is 5.68. The molecule has 0 spiro atoms. The van der Waals surface area contributed by atoms with Gasteiger partial charge in [0.1, 0.15) is 17.6 Å². The van der Waals surface area contributed by atoms with Gasteiger partial charge in [-0.1, -0.05) is 0 Å². The minimum Gasteiger partial charge on any atom is -0.493 e. The molecule has 0 aromatic heterocycles. The Labute approximate surface area is 204 Å². The van der Waals surface area contributed by atoms with Gasteiger partial charge in [-0.2, -0.15) is 0 Å². The molecule has 1 unspecified atom stereocenters. The fourth-order valence-corrected chi connectivity index (χ4v) is 8.92. The van der Waals surface area contributed by atoms with Crippen LogP contribution in [0.2, 0.25) is 0 Å². The van der Waals surface area contributed by atoms with Crippen LogP contribution in [-0.4, -0.2) is 45.2 Å². The molecule has 7 heteroatoms. The first-order valence-corrected chi connectivity index (χ1v) is 13.8. The van der Waals surface area contributed by atoms with E-state index in [2.05, 4.69) is 0 Å². The van der Waals surface area contributed by atoms with E-state index in [0.717, 1.165) is 36.2 Å². The van der Waals surface area contributed by atoms with Crippen LogP contribution in [0.3, 0.4) is 0 Å². The third-order valence-electron chi connectivity index (χ3n) is 9.09. The Morgan fingerprint density at radius 2 is 1.74 bits per heavy atom. The zero-order chi connectivity index (χ0) is 23.8. The maximum Gasteiger partial charge on any atom is 0.327 e. The molecule has 1 N–H and O–H groups in total. The molecule has 1 aromatic carbocycles. The van der Waals surface area contributed by atoms with Crippen LogP contribution < -0.4 is 4.74 Å². The number of rotatable bonds is 6. The van der Waals surface area contributed by atoms with E-state index in [0.29, 0.717) is 12.4 Å². The van der Waals surface area contributed by atoms with Crippen LogP contribution in [0.25, 0.3) is 0 Å². The monoisotopic (exact) mass is 487 g/mol. The maximum atomic E-state index is 15.3. The normalized spacial score (nSPS) is 35.6. The van der Waals surface area contributed by atoms with Crippen LogP contribution in [0.5, 0.6) is 5.75 Å². The quantitative estimate of drug-likeness (QED) is 0.559. The molecule has 0 radical (unpaired) electrons. The fraction of sp³-hybridized carbons (Fsp3) is 0.704. The Morgan fingerprint density at radius 1 is 1.12 bits per heavy atom. The van der Waals surface area contributed by atoms with Crippen LogP contribution in [0, 0.1) is 29.0 Å². The van der Waals surface area contributed by atoms with Gasteiger partial charge in [0.25, 0.3) is 5.91 Å². The Balaban J connectivity index is 1.25. The number of carbonyl (C=O) groups excluding carboxylic acids is 1. The van der Waals surface area contributed by atoms with E-state index in [1.54, 1.807) is 6.07 Å². The standard InChI is InChI=1S/C27H34FNO4S/c1-26(2)23(25(31)32)29(14-34-26)24(30)20-8-19(18-3-4-18)22(9-21(20)28)33-13-27-10-15-5-16(11-27)7-17(6-15)12-27/h8-9,15-18,23H,3-7,10-14H2,1-2H3,(H,31,32). The second-order valence-corrected chi connectivity index (χ2v) is 13.8. The average molecular weight is 488 g/mol. The molecule has 7 rings (SSSR count). The number of amides is 1. The van der Waals surface area contributed by atoms with Crippen LogP contribution >= 0.6 is 11.8 Å². The Kier molecular flexibility index (Phi) is 5.25. The Morgan fingerprint density at radius 3 is 2.29 bits per heavy atom. The third kappa shape index (κ3) is 3.82. The SMILES string of the molecule is CC1(C)SCN(C(=O)c2cc(C3CC3)c(OCC34CC5CC(CC(C5)C3)C4)cc2F)C1C(=O)O. The second kappa shape index (κ2) is 7.87. The van der Waals surface area contributed by atoms with Gasteiger partial charge in [0, 0.05) is 16.2 Å². The molecule has 5 nitrogen and oxygen atoms in total. The van der Waals surface area contributed by atoms with E-state index in [-0.39, 0.29) is 22.8 Å². The average Bonchev–Trinajstić information content (AvgIpc) is 3.53. The minimum atomic E-state index is -1.05. The summed E-state index contributed by atoms with van der Waals surface area (Å²) in [5, 5.41) is 9.75. The molecule has 1 aliphatic heterocycles. The minimum absolute atomic E-state index is 0.0337. The first-order chi connectivity index (χ1) is 16.1. The van der Waals surface area contributed by atoms with Gasteiger partial charge in [-0.15, -0.1) is 11.8 Å². The van der Waals surface area contributed by atoms with Gasteiger partial charge in [-0.25, -0.2) is 9.18 Å². The van der Waals surface area contributed by atoms with Gasteiger partial charge >= 0.3 is 5.97 Å². The molecule has 184 valence electrons. The van der Waals surface area contributed by atoms with Crippen molar-refractivity contribution in [3.63, 3.8) is 0 Å². The van der Waals surface area contributed by atoms with Crippen LogP contribution in [-0.2, 0) is 4.79 Å². The van der Waals surface area contributed by atoms with Gasteiger partial charge in [-0.05, 0) is 101 Å². The molecule has 4 bridgehead atoms. The van der Waals surface area contributed by atoms with E-state index >= 15 is 4.39 Å². The molecule has 1 saturated heterocycles. The van der Waals surface area contributed by atoms with Gasteiger partial charge in [0.2, 0.25) is 0 Å². The van der Waals surface area contributed by atoms with Crippen molar-refractivity contribution in [2.45, 2.75) is 81.9 Å². The van der Waals surface area contributed by atoms with Crippen LogP contribution in [0.4, 0.5) is 4.39 Å². The van der Waals surface area contributed by atoms with Gasteiger partial charge in [0.15, 0.2) is 0 Å². The number of ether oxygens (including phenoxy) is 1. The number of carboxylic acid groups (broad SMARTS) is 1. The number of nitrogens with zero attached hydrogens (tertiary/aromatic N) is 1. The van der Waals surface area contributed by atoms with Gasteiger partial charge in [0.05, 0.1) is 18.0 Å². The zero-order valence-electron chi connectivity index (χ0n) is 20.0. The highest BCUT2D eigenvalue weighted by Crippen LogP contribution is 2.60. The summed E-state index contributed by atoms with van der Waals surface area (Å²) >= 11 is 1.41. The van der Waals surface area contributed by atoms with E-state index in [9.17, 15) is 14.7 Å². The summed E-state index contributed by atoms with van der Waals surface area (Å²) in [6.07, 6.45) is 9.85. The van der Waals surface area contributed by atoms with Crippen molar-refractivity contribution in [1.29, 1.82) is 0 Å². The summed E-state index contributed by atoms with van der Waals surface area (Å²) in [5.41, 5.74) is 1.11. The highest BCUT2D eigenvalue weighted by atomic mass is 32.2. The Hall–Kier alpha value is -1.76. The summed E-state index contributed by atoms with van der Waals surface area (Å²) in [4.78, 5) is 26.6. The number of carboxylic acids is 1. The number of hydrogen-bond donors (Lipinski definition) is 1. The zero-order valence-corrected chi connectivity index (χ0v) is 20.8. The van der Waals surface area contributed by atoms with Crippen molar-refractivity contribution < 1.29 is 23.8 Å². The lowest BCUT2D eigenvalue weighted by Gasteiger charge is -2.56. The molecule has 5 saturated carbocycles. The van der Waals surface area contributed by atoms with E-state index < -0.39 is 28.5 Å². The third-order valence-corrected chi connectivity index (χ3v) is 10.5. The molecule has 6 aliphatic rings. The first-order valence-electron chi connectivity index (χ1n) is 12.8. The second-order valence-electron chi connectivity index (χ2n) is 12.2. The van der Waals surface area contributed by atoms with Gasteiger partial charge in [-0.3, -0.25) is 4.79 Å². The predicted molar refractivity (Wildman–Crippen MR) is 129 cm³/mol. The first kappa shape index (κ1) is 22.7. The molecule has 34 heavy (non-hydrogen) atoms. The van der Waals surface area contributed by atoms with Crippen LogP contribution in [0.1, 0.15) is 87.1 Å². The van der Waals surface area contributed by atoms with E-state index in [1.807, 2.05) is 13.8 Å². The summed E-state index contributed by atoms with van der Waals surface area (Å²) in [6.45, 7) is 4.27. The number of thioether (sulfide) groups is 1. The van der Waals surface area contributed by atoms with Crippen molar-refractivity contribution in [3.8, 4) is 5.75 Å². The van der Waals surface area contributed by atoms with Crippen molar-refractivity contribution in [1.82, 2.24) is 4.90 Å². The van der Waals surface area contributed by atoms with Crippen LogP contribution in [0.15, 0.2) is 12.1 Å². The molecule has 1 heterocycles. The highest BCUT2D eigenvalue weighted by molar-refractivity contribution is 8.00. The number of carbonyl (C=O) groups is 2. The topological polar surface area (TPSA) is 66.8 Å². The largest absolute Gasteiger partial charge is 0.493 e. The molecule has 1 atom stereocenters. The van der Waals surface area contributed by atoms with E-state index in [1.165, 1.54) is 61.3 Å². The Bertz CT molecular complexity index is 1000. The molecule has 1 aromatic rings. The smallest absolute Gasteiger partial charge is 0.327 e. The lowest BCUT2D eigenvalue weighted by Crippen LogP contribution is -2.49. The van der Waals surface area contributed by atoms with Gasteiger partial charge < -0.3 is 14.7 Å². The molecular formula is C27H34FNO4S. The van der Waals surface area contributed by atoms with Crippen molar-refractivity contribution in [2.24, 2.45) is 23.2 Å². The summed E-state index contributed by atoms with van der Waals surface area (Å²) in [7, 11) is 0. The number of halogens is 1. The highest BCUT2D eigenvalue weighted by Gasteiger charge is 2.52. The maximum absolute atomic E-state index is 15.3. The van der Waals surface area contributed by atoms with Crippen molar-refractivity contribution in [2.75, 3.05) is 12.5 Å². The lowest BCUT2D eigenvalue weighted by atomic mass is 9.50. The lowest BCUT2D eigenvalue weighted by molar-refractivity contribution is -0.142. The van der Waals surface area contributed by atoms with Crippen molar-refractivity contribution in [3.05, 3.63) is 29.1 Å². The fourth-order valence-electron chi connectivity index (χ4n) is 7.80. The molecule has 1 amide bonds. The summed E-state index contributed by atoms with van der Waals surface area (Å²) in [6, 6.07) is 2.06. The summed E-state index contributed by atoms with van der Waals surface area (Å²) < 4.78 is 21.1. The number of benzene rings is 1. The molecule has 5 aliphatic carbocycles. The van der Waals surface area contributed by atoms with Crippen molar-refractivity contribution >= 4 is 23.6 Å². The number of aliphatic carboxylic acids is 1. The molecular weight excluding hydrogens is 453 g/mol.